The van der Waals surface area contributed by atoms with Crippen LogP contribution in [0.1, 0.15) is 35.6 Å². The van der Waals surface area contributed by atoms with Crippen molar-refractivity contribution in [1.82, 2.24) is 4.98 Å². The van der Waals surface area contributed by atoms with Crippen LogP contribution in [0.25, 0.3) is 0 Å². The van der Waals surface area contributed by atoms with E-state index >= 15 is 0 Å². The molecular formula is C16H17FN2OS. The summed E-state index contributed by atoms with van der Waals surface area (Å²) in [6.45, 7) is 4.15. The van der Waals surface area contributed by atoms with Crippen molar-refractivity contribution in [1.29, 1.82) is 0 Å². The Balaban J connectivity index is 1.99. The Morgan fingerprint density at radius 1 is 1.29 bits per heavy atom. The van der Waals surface area contributed by atoms with Crippen LogP contribution in [0.4, 0.5) is 15.2 Å². The van der Waals surface area contributed by atoms with Crippen LogP contribution in [0, 0.1) is 11.2 Å². The van der Waals surface area contributed by atoms with Gasteiger partial charge in [-0.3, -0.25) is 4.79 Å². The molecule has 0 N–H and O–H groups in total. The van der Waals surface area contributed by atoms with Gasteiger partial charge in [0.05, 0.1) is 16.3 Å². The quantitative estimate of drug-likeness (QED) is 0.833. The van der Waals surface area contributed by atoms with Crippen LogP contribution in [0.2, 0.25) is 0 Å². The van der Waals surface area contributed by atoms with Gasteiger partial charge in [-0.2, -0.15) is 0 Å². The van der Waals surface area contributed by atoms with E-state index in [0.717, 1.165) is 17.0 Å². The topological polar surface area (TPSA) is 33.2 Å². The SMILES string of the molecule is CN(c1nc2c(s1)C(=O)CC(C)(C)C2)c1ccccc1F. The molecule has 110 valence electrons. The fourth-order valence-electron chi connectivity index (χ4n) is 2.68. The van der Waals surface area contributed by atoms with E-state index in [1.54, 1.807) is 30.1 Å². The van der Waals surface area contributed by atoms with Crippen LogP contribution in [0.3, 0.4) is 0 Å². The molecule has 2 aromatic rings. The molecule has 1 heterocycles. The van der Waals surface area contributed by atoms with Gasteiger partial charge in [0.15, 0.2) is 10.9 Å². The van der Waals surface area contributed by atoms with E-state index in [9.17, 15) is 9.18 Å². The first kappa shape index (κ1) is 14.2. The molecule has 3 nitrogen and oxygen atoms in total. The Bertz CT molecular complexity index is 708. The lowest BCUT2D eigenvalue weighted by Gasteiger charge is -2.26. The van der Waals surface area contributed by atoms with Gasteiger partial charge in [0.25, 0.3) is 0 Å². The summed E-state index contributed by atoms with van der Waals surface area (Å²) in [5.41, 5.74) is 1.26. The average Bonchev–Trinajstić information content (AvgIpc) is 2.81. The minimum atomic E-state index is -0.292. The Kier molecular flexibility index (Phi) is 3.32. The van der Waals surface area contributed by atoms with Crippen molar-refractivity contribution >= 4 is 27.9 Å². The maximum atomic E-state index is 13.9. The molecule has 0 amide bonds. The molecule has 0 radical (unpaired) electrons. The average molecular weight is 304 g/mol. The van der Waals surface area contributed by atoms with Crippen molar-refractivity contribution in [3.8, 4) is 0 Å². The molecule has 1 aliphatic rings. The standard InChI is InChI=1S/C16H17FN2OS/c1-16(2)8-11-14(13(20)9-16)21-15(18-11)19(3)12-7-5-4-6-10(12)17/h4-7H,8-9H2,1-3H3. The number of carbonyl (C=O) groups is 1. The van der Waals surface area contributed by atoms with Crippen LogP contribution < -0.4 is 4.90 Å². The summed E-state index contributed by atoms with van der Waals surface area (Å²) in [5.74, 6) is -0.147. The van der Waals surface area contributed by atoms with Crippen molar-refractivity contribution in [2.45, 2.75) is 26.7 Å². The number of anilines is 2. The second-order valence-electron chi connectivity index (χ2n) is 6.22. The molecule has 0 saturated heterocycles. The molecule has 0 atom stereocenters. The minimum Gasteiger partial charge on any atom is -0.318 e. The molecule has 0 fully saturated rings. The monoisotopic (exact) mass is 304 g/mol. The lowest BCUT2D eigenvalue weighted by atomic mass is 9.78. The maximum absolute atomic E-state index is 13.9. The summed E-state index contributed by atoms with van der Waals surface area (Å²) in [7, 11) is 1.78. The van der Waals surface area contributed by atoms with E-state index in [1.807, 2.05) is 0 Å². The summed E-state index contributed by atoms with van der Waals surface area (Å²) >= 11 is 1.35. The highest BCUT2D eigenvalue weighted by Crippen LogP contribution is 2.40. The van der Waals surface area contributed by atoms with Gasteiger partial charge >= 0.3 is 0 Å². The van der Waals surface area contributed by atoms with Crippen molar-refractivity contribution < 1.29 is 9.18 Å². The number of ketones is 1. The zero-order valence-electron chi connectivity index (χ0n) is 12.3. The van der Waals surface area contributed by atoms with Crippen LogP contribution in [0.5, 0.6) is 0 Å². The molecule has 3 rings (SSSR count). The summed E-state index contributed by atoms with van der Waals surface area (Å²) in [6, 6.07) is 6.58. The van der Waals surface area contributed by atoms with Crippen LogP contribution in [-0.4, -0.2) is 17.8 Å². The molecule has 0 unspecified atom stereocenters. The lowest BCUT2D eigenvalue weighted by Crippen LogP contribution is -2.26. The number of benzene rings is 1. The number of thiazole rings is 1. The number of fused-ring (bicyclic) bond motifs is 1. The smallest absolute Gasteiger partial charge is 0.190 e. The van der Waals surface area contributed by atoms with Gasteiger partial charge in [0, 0.05) is 13.5 Å². The lowest BCUT2D eigenvalue weighted by molar-refractivity contribution is 0.0916. The summed E-state index contributed by atoms with van der Waals surface area (Å²) in [5, 5.41) is 0.663. The minimum absolute atomic E-state index is 0.0496. The van der Waals surface area contributed by atoms with E-state index < -0.39 is 0 Å². The zero-order chi connectivity index (χ0) is 15.2. The second kappa shape index (κ2) is 4.91. The summed E-state index contributed by atoms with van der Waals surface area (Å²) in [6.07, 6.45) is 1.33. The number of para-hydroxylation sites is 1. The number of halogens is 1. The number of aromatic nitrogens is 1. The number of carbonyl (C=O) groups excluding carboxylic acids is 1. The first-order valence-corrected chi connectivity index (χ1v) is 7.70. The van der Waals surface area contributed by atoms with Crippen molar-refractivity contribution in [3.63, 3.8) is 0 Å². The van der Waals surface area contributed by atoms with Gasteiger partial charge in [-0.25, -0.2) is 9.37 Å². The highest BCUT2D eigenvalue weighted by Gasteiger charge is 2.34. The number of hydrogen-bond acceptors (Lipinski definition) is 4. The second-order valence-corrected chi connectivity index (χ2v) is 7.20. The molecule has 21 heavy (non-hydrogen) atoms. The number of rotatable bonds is 2. The molecule has 1 aromatic carbocycles. The van der Waals surface area contributed by atoms with Crippen molar-refractivity contribution in [3.05, 3.63) is 40.7 Å². The molecule has 0 saturated carbocycles. The zero-order valence-corrected chi connectivity index (χ0v) is 13.1. The molecule has 0 bridgehead atoms. The van der Waals surface area contributed by atoms with E-state index in [2.05, 4.69) is 18.8 Å². The van der Waals surface area contributed by atoms with Gasteiger partial charge in [-0.1, -0.05) is 37.3 Å². The van der Waals surface area contributed by atoms with Crippen LogP contribution >= 0.6 is 11.3 Å². The Hall–Kier alpha value is -1.75. The highest BCUT2D eigenvalue weighted by atomic mass is 32.1. The van der Waals surface area contributed by atoms with Gasteiger partial charge in [-0.05, 0) is 24.0 Å². The Morgan fingerprint density at radius 2 is 2.00 bits per heavy atom. The predicted molar refractivity (Wildman–Crippen MR) is 83.0 cm³/mol. The summed E-state index contributed by atoms with van der Waals surface area (Å²) in [4.78, 5) is 19.2. The summed E-state index contributed by atoms with van der Waals surface area (Å²) < 4.78 is 13.9. The van der Waals surface area contributed by atoms with Crippen molar-refractivity contribution in [2.75, 3.05) is 11.9 Å². The number of hydrogen-bond donors (Lipinski definition) is 0. The molecule has 0 spiro atoms. The Morgan fingerprint density at radius 3 is 2.71 bits per heavy atom. The van der Waals surface area contributed by atoms with Crippen molar-refractivity contribution in [2.24, 2.45) is 5.41 Å². The largest absolute Gasteiger partial charge is 0.318 e. The molecule has 1 aromatic heterocycles. The fourth-order valence-corrected chi connectivity index (χ4v) is 3.67. The maximum Gasteiger partial charge on any atom is 0.190 e. The van der Waals surface area contributed by atoms with E-state index in [4.69, 9.17) is 0 Å². The van der Waals surface area contributed by atoms with Gasteiger partial charge < -0.3 is 4.90 Å². The van der Waals surface area contributed by atoms with E-state index in [0.29, 0.717) is 17.2 Å². The number of nitrogens with zero attached hydrogens (tertiary/aromatic N) is 2. The third-order valence-corrected chi connectivity index (χ3v) is 4.94. The first-order chi connectivity index (χ1) is 9.87. The normalized spacial score (nSPS) is 16.7. The molecule has 1 aliphatic carbocycles. The van der Waals surface area contributed by atoms with E-state index in [1.165, 1.54) is 17.4 Å². The van der Waals surface area contributed by atoms with Gasteiger partial charge in [0.1, 0.15) is 5.82 Å². The third kappa shape index (κ3) is 2.58. The van der Waals surface area contributed by atoms with Crippen LogP contribution in [0.15, 0.2) is 24.3 Å². The van der Waals surface area contributed by atoms with Gasteiger partial charge in [0.2, 0.25) is 0 Å². The Labute approximate surface area is 127 Å². The highest BCUT2D eigenvalue weighted by molar-refractivity contribution is 7.17. The fraction of sp³-hybridized carbons (Fsp3) is 0.375. The number of Topliss-reactive ketones (excluding diaryl/α,β-unsaturated/α-hetero) is 1. The first-order valence-electron chi connectivity index (χ1n) is 6.88. The molecule has 0 aliphatic heterocycles. The van der Waals surface area contributed by atoms with E-state index in [-0.39, 0.29) is 17.0 Å². The van der Waals surface area contributed by atoms with Crippen LogP contribution in [-0.2, 0) is 6.42 Å². The molecule has 5 heteroatoms. The third-order valence-electron chi connectivity index (χ3n) is 3.73. The van der Waals surface area contributed by atoms with Gasteiger partial charge in [-0.15, -0.1) is 0 Å². The predicted octanol–water partition coefficient (Wildman–Crippen LogP) is 4.21. The molecular weight excluding hydrogens is 287 g/mol.